The zero-order valence-corrected chi connectivity index (χ0v) is 17.2. The van der Waals surface area contributed by atoms with Crippen molar-refractivity contribution in [3.63, 3.8) is 0 Å². The van der Waals surface area contributed by atoms with Crippen LogP contribution in [0.4, 0.5) is 33.7 Å². The Morgan fingerprint density at radius 2 is 1.75 bits per heavy atom. The molecule has 1 heterocycles. The fraction of sp³-hybridized carbons (Fsp3) is 0.286. The molecule has 2 N–H and O–H groups in total. The van der Waals surface area contributed by atoms with Gasteiger partial charge in [-0.3, -0.25) is 15.0 Å². The number of carbonyl (C=O) groups excluding carboxylic acids is 2. The van der Waals surface area contributed by atoms with Gasteiger partial charge in [0.15, 0.2) is 0 Å². The van der Waals surface area contributed by atoms with Crippen LogP contribution >= 0.6 is 0 Å². The van der Waals surface area contributed by atoms with Crippen LogP contribution in [0.25, 0.3) is 0 Å². The van der Waals surface area contributed by atoms with E-state index in [2.05, 4.69) is 5.32 Å². The topological polar surface area (TPSA) is 96.7 Å². The first kappa shape index (κ1) is 23.2. The number of anilines is 2. The SMILES string of the molecule is CNC(O)c1ccc(N2C(=O)N(c3ccc(C#N)c(C(F)(F)F)c3)C(=O)C2(C)C)cc1F. The Labute approximate surface area is 180 Å². The normalized spacial score (nSPS) is 17.0. The molecule has 1 unspecified atom stereocenters. The number of aliphatic hydroxyl groups excluding tert-OH is 1. The number of amides is 3. The Balaban J connectivity index is 2.09. The van der Waals surface area contributed by atoms with Crippen molar-refractivity contribution >= 4 is 23.3 Å². The summed E-state index contributed by atoms with van der Waals surface area (Å²) in [7, 11) is 1.41. The highest BCUT2D eigenvalue weighted by Gasteiger charge is 2.53. The van der Waals surface area contributed by atoms with E-state index in [9.17, 15) is 32.3 Å². The van der Waals surface area contributed by atoms with Crippen LogP contribution in [-0.2, 0) is 11.0 Å². The summed E-state index contributed by atoms with van der Waals surface area (Å²) in [5.41, 5.74) is -3.98. The van der Waals surface area contributed by atoms with E-state index in [1.54, 1.807) is 0 Å². The number of nitrogens with zero attached hydrogens (tertiary/aromatic N) is 3. The molecule has 0 aliphatic carbocycles. The lowest BCUT2D eigenvalue weighted by Gasteiger charge is -2.28. The molecule has 168 valence electrons. The third-order valence-electron chi connectivity index (χ3n) is 5.17. The average Bonchev–Trinajstić information content (AvgIpc) is 2.90. The van der Waals surface area contributed by atoms with Crippen LogP contribution in [-0.4, -0.2) is 29.6 Å². The summed E-state index contributed by atoms with van der Waals surface area (Å²) in [6.45, 7) is 2.74. The van der Waals surface area contributed by atoms with Gasteiger partial charge in [-0.15, -0.1) is 0 Å². The highest BCUT2D eigenvalue weighted by atomic mass is 19.4. The molecule has 7 nitrogen and oxygen atoms in total. The fourth-order valence-electron chi connectivity index (χ4n) is 3.49. The number of nitriles is 1. The third-order valence-corrected chi connectivity index (χ3v) is 5.17. The fourth-order valence-corrected chi connectivity index (χ4v) is 3.49. The van der Waals surface area contributed by atoms with Crippen LogP contribution in [0.3, 0.4) is 0 Å². The zero-order valence-electron chi connectivity index (χ0n) is 17.2. The molecule has 3 rings (SSSR count). The molecule has 3 amide bonds. The summed E-state index contributed by atoms with van der Waals surface area (Å²) in [5.74, 6) is -1.68. The standard InChI is InChI=1S/C21H18F4N4O3/c1-20(2)18(31)28(12-5-4-11(10-26)15(8-12)21(23,24)25)19(32)29(20)13-6-7-14(16(22)9-13)17(30)27-3/h4-9,17,27,30H,1-3H3. The third kappa shape index (κ3) is 3.68. The van der Waals surface area contributed by atoms with Crippen molar-refractivity contribution in [3.8, 4) is 6.07 Å². The van der Waals surface area contributed by atoms with Crippen molar-refractivity contribution < 1.29 is 32.3 Å². The van der Waals surface area contributed by atoms with Gasteiger partial charge >= 0.3 is 12.2 Å². The number of alkyl halides is 3. The van der Waals surface area contributed by atoms with Crippen LogP contribution in [0.2, 0.25) is 0 Å². The summed E-state index contributed by atoms with van der Waals surface area (Å²) in [5, 5.41) is 21.2. The van der Waals surface area contributed by atoms with E-state index < -0.39 is 46.8 Å². The van der Waals surface area contributed by atoms with Crippen LogP contribution in [0, 0.1) is 17.1 Å². The molecule has 0 aromatic heterocycles. The Hall–Kier alpha value is -3.49. The Morgan fingerprint density at radius 1 is 1.12 bits per heavy atom. The number of benzene rings is 2. The number of rotatable bonds is 4. The minimum absolute atomic E-state index is 0.0231. The molecule has 32 heavy (non-hydrogen) atoms. The number of hydrogen-bond donors (Lipinski definition) is 2. The van der Waals surface area contributed by atoms with Crippen molar-refractivity contribution in [2.24, 2.45) is 0 Å². The van der Waals surface area contributed by atoms with Crippen LogP contribution in [0.15, 0.2) is 36.4 Å². The van der Waals surface area contributed by atoms with Gasteiger partial charge in [-0.2, -0.15) is 18.4 Å². The second-order valence-corrected chi connectivity index (χ2v) is 7.55. The van der Waals surface area contributed by atoms with Gasteiger partial charge in [0, 0.05) is 11.3 Å². The summed E-state index contributed by atoms with van der Waals surface area (Å²) < 4.78 is 54.6. The molecule has 1 fully saturated rings. The van der Waals surface area contributed by atoms with Gasteiger partial charge in [0.2, 0.25) is 0 Å². The van der Waals surface area contributed by atoms with Crippen molar-refractivity contribution in [1.82, 2.24) is 5.32 Å². The van der Waals surface area contributed by atoms with E-state index >= 15 is 0 Å². The molecule has 2 aromatic rings. The molecule has 0 bridgehead atoms. The smallest absolute Gasteiger partial charge is 0.374 e. The highest BCUT2D eigenvalue weighted by molar-refractivity contribution is 6.30. The zero-order chi connectivity index (χ0) is 24.0. The molecule has 1 aliphatic rings. The number of halogens is 4. The number of urea groups is 1. The van der Waals surface area contributed by atoms with E-state index in [4.69, 9.17) is 5.26 Å². The van der Waals surface area contributed by atoms with Gasteiger partial charge in [-0.05, 0) is 51.2 Å². The van der Waals surface area contributed by atoms with Crippen molar-refractivity contribution in [3.05, 3.63) is 58.9 Å². The summed E-state index contributed by atoms with van der Waals surface area (Å²) in [4.78, 5) is 27.7. The first-order valence-electron chi connectivity index (χ1n) is 9.29. The Morgan fingerprint density at radius 3 is 2.28 bits per heavy atom. The van der Waals surface area contributed by atoms with Gasteiger partial charge in [0.25, 0.3) is 5.91 Å². The Kier molecular flexibility index (Phi) is 5.71. The summed E-state index contributed by atoms with van der Waals surface area (Å²) >= 11 is 0. The molecule has 1 aliphatic heterocycles. The summed E-state index contributed by atoms with van der Waals surface area (Å²) in [6.07, 6.45) is -6.18. The molecule has 1 saturated heterocycles. The molecule has 0 radical (unpaired) electrons. The second-order valence-electron chi connectivity index (χ2n) is 7.55. The Bertz CT molecular complexity index is 1140. The van der Waals surface area contributed by atoms with Gasteiger partial charge in [0.1, 0.15) is 17.6 Å². The minimum Gasteiger partial charge on any atom is -0.374 e. The molecule has 0 saturated carbocycles. The maximum absolute atomic E-state index is 14.5. The molecular weight excluding hydrogens is 432 g/mol. The molecule has 0 spiro atoms. The lowest BCUT2D eigenvalue weighted by Crippen LogP contribution is -2.44. The van der Waals surface area contributed by atoms with E-state index in [1.807, 2.05) is 0 Å². The number of imide groups is 1. The second kappa shape index (κ2) is 7.89. The number of hydrogen-bond acceptors (Lipinski definition) is 5. The average molecular weight is 450 g/mol. The summed E-state index contributed by atoms with van der Waals surface area (Å²) in [6, 6.07) is 6.44. The van der Waals surface area contributed by atoms with Gasteiger partial charge in [-0.1, -0.05) is 6.07 Å². The number of carbonyl (C=O) groups is 2. The first-order valence-corrected chi connectivity index (χ1v) is 9.29. The minimum atomic E-state index is -4.88. The predicted molar refractivity (Wildman–Crippen MR) is 106 cm³/mol. The number of aliphatic hydroxyl groups is 1. The van der Waals surface area contributed by atoms with Gasteiger partial charge < -0.3 is 5.11 Å². The first-order chi connectivity index (χ1) is 14.8. The lowest BCUT2D eigenvalue weighted by molar-refractivity contribution is -0.137. The molecule has 1 atom stereocenters. The van der Waals surface area contributed by atoms with Crippen molar-refractivity contribution in [1.29, 1.82) is 5.26 Å². The predicted octanol–water partition coefficient (Wildman–Crippen LogP) is 3.68. The molecule has 2 aromatic carbocycles. The van der Waals surface area contributed by atoms with Crippen LogP contribution in [0.5, 0.6) is 0 Å². The number of nitrogens with one attached hydrogen (secondary N) is 1. The van der Waals surface area contributed by atoms with Crippen molar-refractivity contribution in [2.75, 3.05) is 16.8 Å². The highest BCUT2D eigenvalue weighted by Crippen LogP contribution is 2.39. The quantitative estimate of drug-likeness (QED) is 0.421. The van der Waals surface area contributed by atoms with Crippen molar-refractivity contribution in [2.45, 2.75) is 31.8 Å². The van der Waals surface area contributed by atoms with Crippen LogP contribution < -0.4 is 15.1 Å². The van der Waals surface area contributed by atoms with Crippen LogP contribution in [0.1, 0.15) is 36.8 Å². The van der Waals surface area contributed by atoms with Gasteiger partial charge in [-0.25, -0.2) is 14.1 Å². The monoisotopic (exact) mass is 450 g/mol. The van der Waals surface area contributed by atoms with E-state index in [0.717, 1.165) is 23.1 Å². The largest absolute Gasteiger partial charge is 0.417 e. The lowest BCUT2D eigenvalue weighted by atomic mass is 10.0. The maximum Gasteiger partial charge on any atom is 0.417 e. The van der Waals surface area contributed by atoms with E-state index in [0.29, 0.717) is 11.0 Å². The van der Waals surface area contributed by atoms with E-state index in [1.165, 1.54) is 39.1 Å². The molecular formula is C21H18F4N4O3. The maximum atomic E-state index is 14.5. The molecule has 11 heteroatoms. The van der Waals surface area contributed by atoms with E-state index in [-0.39, 0.29) is 16.9 Å². The van der Waals surface area contributed by atoms with Gasteiger partial charge in [0.05, 0.1) is 22.9 Å².